The molecule has 3 heteroatoms. The lowest BCUT2D eigenvalue weighted by molar-refractivity contribution is 0.319. The predicted molar refractivity (Wildman–Crippen MR) is 123 cm³/mol. The number of hydrogen-bond acceptors (Lipinski definition) is 0. The van der Waals surface area contributed by atoms with E-state index in [2.05, 4.69) is 13.5 Å². The Hall–Kier alpha value is -2.55. The second-order valence-electron chi connectivity index (χ2n) is 8.76. The van der Waals surface area contributed by atoms with E-state index in [0.29, 0.717) is 35.3 Å². The van der Waals surface area contributed by atoms with Crippen LogP contribution in [0.4, 0.5) is 13.2 Å². The van der Waals surface area contributed by atoms with E-state index >= 15 is 0 Å². The van der Waals surface area contributed by atoms with Crippen LogP contribution in [0.3, 0.4) is 0 Å². The van der Waals surface area contributed by atoms with Crippen molar-refractivity contribution in [2.45, 2.75) is 57.8 Å². The Morgan fingerprint density at radius 3 is 2.26 bits per heavy atom. The summed E-state index contributed by atoms with van der Waals surface area (Å²) < 4.78 is 44.7. The summed E-state index contributed by atoms with van der Waals surface area (Å²) >= 11 is 0. The monoisotopic (exact) mass is 422 g/mol. The number of aryl methyl sites for hydroxylation is 1. The highest BCUT2D eigenvalue weighted by Gasteiger charge is 2.22. The van der Waals surface area contributed by atoms with Gasteiger partial charge in [-0.25, -0.2) is 13.2 Å². The zero-order chi connectivity index (χ0) is 22.0. The molecule has 0 unspecified atom stereocenters. The van der Waals surface area contributed by atoms with Crippen molar-refractivity contribution in [3.8, 4) is 11.1 Å². The van der Waals surface area contributed by atoms with Gasteiger partial charge in [0, 0.05) is 5.56 Å². The maximum atomic E-state index is 15.0. The van der Waals surface area contributed by atoms with E-state index in [-0.39, 0.29) is 10.9 Å². The first-order valence-corrected chi connectivity index (χ1v) is 11.3. The molecule has 0 heterocycles. The first-order chi connectivity index (χ1) is 15.0. The molecule has 0 amide bonds. The van der Waals surface area contributed by atoms with Crippen LogP contribution in [0.5, 0.6) is 0 Å². The lowest BCUT2D eigenvalue weighted by atomic mass is 9.77. The molecule has 0 nitrogen and oxygen atoms in total. The predicted octanol–water partition coefficient (Wildman–Crippen LogP) is 8.73. The van der Waals surface area contributed by atoms with Gasteiger partial charge >= 0.3 is 0 Å². The van der Waals surface area contributed by atoms with Gasteiger partial charge in [-0.1, -0.05) is 55.8 Å². The third-order valence-corrected chi connectivity index (χ3v) is 6.94. The van der Waals surface area contributed by atoms with Crippen LogP contribution >= 0.6 is 0 Å². The third kappa shape index (κ3) is 4.28. The normalized spacial score (nSPS) is 19.0. The van der Waals surface area contributed by atoms with Gasteiger partial charge in [-0.2, -0.15) is 0 Å². The summed E-state index contributed by atoms with van der Waals surface area (Å²) in [7, 11) is 0. The standard InChI is InChI=1S/C28H29F3/c1-3-5-6-22-15-16-23-17-24(27(30)28(31)25(23)26(22)29)21-13-11-20(12-14-21)19-9-7-18(4-2)8-10-19/h3,11-19H,1,4-10H2,2H3. The summed E-state index contributed by atoms with van der Waals surface area (Å²) in [6.45, 7) is 5.89. The Kier molecular flexibility index (Phi) is 6.50. The molecule has 0 aromatic heterocycles. The molecule has 0 bridgehead atoms. The largest absolute Gasteiger partial charge is 0.206 e. The summed E-state index contributed by atoms with van der Waals surface area (Å²) in [5.74, 6) is -1.42. The number of halogens is 3. The van der Waals surface area contributed by atoms with E-state index in [9.17, 15) is 13.2 Å². The fraction of sp³-hybridized carbons (Fsp3) is 0.357. The molecule has 0 saturated heterocycles. The van der Waals surface area contributed by atoms with Crippen LogP contribution in [0.1, 0.15) is 62.5 Å². The molecule has 1 fully saturated rings. The summed E-state index contributed by atoms with van der Waals surface area (Å²) in [6.07, 6.45) is 8.81. The quantitative estimate of drug-likeness (QED) is 0.348. The highest BCUT2D eigenvalue weighted by Crippen LogP contribution is 2.38. The van der Waals surface area contributed by atoms with E-state index in [1.54, 1.807) is 24.3 Å². The van der Waals surface area contributed by atoms with Gasteiger partial charge in [-0.15, -0.1) is 6.58 Å². The van der Waals surface area contributed by atoms with Gasteiger partial charge in [-0.3, -0.25) is 0 Å². The fourth-order valence-corrected chi connectivity index (χ4v) is 4.92. The molecule has 0 N–H and O–H groups in total. The van der Waals surface area contributed by atoms with Gasteiger partial charge in [0.05, 0.1) is 5.39 Å². The smallest absolute Gasteiger partial charge is 0.170 e. The Labute approximate surface area is 182 Å². The molecule has 0 spiro atoms. The minimum Gasteiger partial charge on any atom is -0.206 e. The first kappa shape index (κ1) is 21.7. The van der Waals surface area contributed by atoms with Gasteiger partial charge in [0.25, 0.3) is 0 Å². The van der Waals surface area contributed by atoms with Crippen molar-refractivity contribution in [3.05, 3.63) is 83.7 Å². The van der Waals surface area contributed by atoms with Crippen LogP contribution in [-0.4, -0.2) is 0 Å². The van der Waals surface area contributed by atoms with E-state index < -0.39 is 17.5 Å². The lowest BCUT2D eigenvalue weighted by Gasteiger charge is -2.28. The molecule has 0 atom stereocenters. The molecule has 162 valence electrons. The highest BCUT2D eigenvalue weighted by molar-refractivity contribution is 5.89. The van der Waals surface area contributed by atoms with E-state index in [4.69, 9.17) is 0 Å². The summed E-state index contributed by atoms with van der Waals surface area (Å²) in [6, 6.07) is 12.7. The van der Waals surface area contributed by atoms with Crippen molar-refractivity contribution >= 4 is 10.8 Å². The second kappa shape index (κ2) is 9.30. The van der Waals surface area contributed by atoms with Crippen molar-refractivity contribution in [1.82, 2.24) is 0 Å². The topological polar surface area (TPSA) is 0 Å². The van der Waals surface area contributed by atoms with E-state index in [0.717, 1.165) is 5.92 Å². The van der Waals surface area contributed by atoms with Crippen molar-refractivity contribution in [2.24, 2.45) is 5.92 Å². The first-order valence-electron chi connectivity index (χ1n) is 11.3. The molecule has 0 radical (unpaired) electrons. The lowest BCUT2D eigenvalue weighted by Crippen LogP contribution is -2.12. The average molecular weight is 423 g/mol. The zero-order valence-corrected chi connectivity index (χ0v) is 18.1. The van der Waals surface area contributed by atoms with Gasteiger partial charge in [0.15, 0.2) is 11.6 Å². The summed E-state index contributed by atoms with van der Waals surface area (Å²) in [4.78, 5) is 0. The van der Waals surface area contributed by atoms with Gasteiger partial charge < -0.3 is 0 Å². The van der Waals surface area contributed by atoms with Crippen LogP contribution in [-0.2, 0) is 6.42 Å². The van der Waals surface area contributed by atoms with Gasteiger partial charge in [0.1, 0.15) is 5.82 Å². The Morgan fingerprint density at radius 1 is 0.903 bits per heavy atom. The van der Waals surface area contributed by atoms with Crippen LogP contribution in [0.2, 0.25) is 0 Å². The molecule has 31 heavy (non-hydrogen) atoms. The van der Waals surface area contributed by atoms with Crippen molar-refractivity contribution < 1.29 is 13.2 Å². The average Bonchev–Trinajstić information content (AvgIpc) is 2.81. The van der Waals surface area contributed by atoms with Crippen LogP contribution < -0.4 is 0 Å². The van der Waals surface area contributed by atoms with Crippen LogP contribution in [0.15, 0.2) is 55.1 Å². The van der Waals surface area contributed by atoms with Crippen LogP contribution in [0, 0.1) is 23.4 Å². The Bertz CT molecular complexity index is 1070. The maximum Gasteiger partial charge on any atom is 0.170 e. The van der Waals surface area contributed by atoms with Crippen molar-refractivity contribution in [3.63, 3.8) is 0 Å². The molecule has 3 aromatic carbocycles. The molecule has 1 saturated carbocycles. The number of hydrogen-bond donors (Lipinski definition) is 0. The maximum absolute atomic E-state index is 15.0. The number of allylic oxidation sites excluding steroid dienone is 1. The highest BCUT2D eigenvalue weighted by atomic mass is 19.2. The second-order valence-corrected chi connectivity index (χ2v) is 8.76. The number of benzene rings is 3. The zero-order valence-electron chi connectivity index (χ0n) is 18.1. The number of rotatable bonds is 6. The summed E-state index contributed by atoms with van der Waals surface area (Å²) in [5.41, 5.74) is 2.42. The minimum atomic E-state index is -1.12. The van der Waals surface area contributed by atoms with Crippen LogP contribution in [0.25, 0.3) is 21.9 Å². The molecule has 3 aromatic rings. The van der Waals surface area contributed by atoms with Gasteiger partial charge in [-0.05, 0) is 78.5 Å². The minimum absolute atomic E-state index is 0.171. The van der Waals surface area contributed by atoms with Gasteiger partial charge in [0.2, 0.25) is 0 Å². The molecule has 1 aliphatic carbocycles. The Balaban J connectivity index is 1.65. The molecular weight excluding hydrogens is 393 g/mol. The molecule has 4 rings (SSSR count). The van der Waals surface area contributed by atoms with Crippen molar-refractivity contribution in [2.75, 3.05) is 0 Å². The Morgan fingerprint density at radius 2 is 1.61 bits per heavy atom. The molecule has 0 aliphatic heterocycles. The van der Waals surface area contributed by atoms with E-state index in [1.807, 2.05) is 24.3 Å². The molecular formula is C28H29F3. The SMILES string of the molecule is C=CCCc1ccc2cc(-c3ccc(C4CCC(CC)CC4)cc3)c(F)c(F)c2c1F. The molecule has 1 aliphatic rings. The van der Waals surface area contributed by atoms with E-state index in [1.165, 1.54) is 37.7 Å². The van der Waals surface area contributed by atoms with Crippen molar-refractivity contribution in [1.29, 1.82) is 0 Å². The number of fused-ring (bicyclic) bond motifs is 1. The third-order valence-electron chi connectivity index (χ3n) is 6.94. The summed E-state index contributed by atoms with van der Waals surface area (Å²) in [5, 5.41) is 0.0998. The fourth-order valence-electron chi connectivity index (χ4n) is 4.92.